The number of unbranched alkanes of at least 4 members (excludes halogenated alkanes) is 5. The van der Waals surface area contributed by atoms with Gasteiger partial charge in [-0.3, -0.25) is 14.9 Å². The Bertz CT molecular complexity index is 579. The van der Waals surface area contributed by atoms with E-state index in [1.165, 1.54) is 31.8 Å². The lowest BCUT2D eigenvalue weighted by atomic mass is 10.1. The van der Waals surface area contributed by atoms with Crippen molar-refractivity contribution >= 4 is 11.8 Å². The van der Waals surface area contributed by atoms with Gasteiger partial charge in [0.25, 0.3) is 11.8 Å². The topological polar surface area (TPSA) is 46.2 Å². The van der Waals surface area contributed by atoms with Gasteiger partial charge in [0.05, 0.1) is 0 Å². The third-order valence-electron chi connectivity index (χ3n) is 4.36. The molecule has 0 unspecified atom stereocenters. The molecule has 1 aliphatic rings. The fraction of sp³-hybridized carbons (Fsp3) is 0.500. The zero-order valence-electron chi connectivity index (χ0n) is 16.8. The number of amides is 2. The number of nitrogens with one attached hydrogen (secondary N) is 1. The predicted octanol–water partition coefficient (Wildman–Crippen LogP) is 6.11. The number of carbonyl (C=O) groups excluding carboxylic acids is 2. The molecule has 3 nitrogen and oxygen atoms in total. The van der Waals surface area contributed by atoms with Gasteiger partial charge in [0.2, 0.25) is 0 Å². The summed E-state index contributed by atoms with van der Waals surface area (Å²) in [5.41, 5.74) is 0.618. The smallest absolute Gasteiger partial charge is 0.254 e. The van der Waals surface area contributed by atoms with Crippen molar-refractivity contribution < 1.29 is 9.59 Å². The van der Waals surface area contributed by atoms with Crippen LogP contribution in [0.2, 0.25) is 0 Å². The Morgan fingerprint density at radius 3 is 1.74 bits per heavy atom. The molecule has 0 bridgehead atoms. The normalized spacial score (nSPS) is 15.1. The van der Waals surface area contributed by atoms with Crippen LogP contribution in [0.4, 0.5) is 0 Å². The maximum Gasteiger partial charge on any atom is 0.254 e. The summed E-state index contributed by atoms with van der Waals surface area (Å²) in [5, 5.41) is 2.28. The minimum absolute atomic E-state index is 0.224. The molecule has 0 atom stereocenters. The van der Waals surface area contributed by atoms with E-state index >= 15 is 0 Å². The SMILES string of the molecule is CCCCCC=CCC=CCC=CCC=CCCCCC1=CC(=O)NC1=O. The molecule has 0 aliphatic carbocycles. The number of hydrogen-bond donors (Lipinski definition) is 1. The molecule has 1 heterocycles. The number of allylic oxidation sites excluding steroid dienone is 8. The Hall–Kier alpha value is -2.16. The van der Waals surface area contributed by atoms with Gasteiger partial charge in [0.15, 0.2) is 0 Å². The van der Waals surface area contributed by atoms with Crippen molar-refractivity contribution in [2.24, 2.45) is 0 Å². The van der Waals surface area contributed by atoms with Crippen LogP contribution in [-0.2, 0) is 9.59 Å². The number of hydrogen-bond acceptors (Lipinski definition) is 2. The van der Waals surface area contributed by atoms with Crippen molar-refractivity contribution in [1.82, 2.24) is 5.32 Å². The molecule has 0 radical (unpaired) electrons. The number of rotatable bonds is 15. The first-order valence-electron chi connectivity index (χ1n) is 10.4. The standard InChI is InChI=1S/C24H35NO2/c1-2-3-4-5-6-7-8-9-10-11-12-13-14-15-16-17-18-19-20-22-21-23(26)25-24(22)27/h6-7,9-10,12-13,15-16,21H,2-5,8,11,14,17-20H2,1H3,(H,25,26,27). The average Bonchev–Trinajstić information content (AvgIpc) is 2.98. The second-order valence-corrected chi connectivity index (χ2v) is 6.82. The van der Waals surface area contributed by atoms with Crippen LogP contribution in [0.15, 0.2) is 60.3 Å². The molecule has 0 saturated carbocycles. The summed E-state index contributed by atoms with van der Waals surface area (Å²) < 4.78 is 0. The van der Waals surface area contributed by atoms with Crippen LogP contribution in [0.3, 0.4) is 0 Å². The van der Waals surface area contributed by atoms with E-state index < -0.39 is 0 Å². The molecule has 0 aromatic rings. The van der Waals surface area contributed by atoms with E-state index in [0.717, 1.165) is 38.5 Å². The Balaban J connectivity index is 1.93. The molecule has 3 heteroatoms. The van der Waals surface area contributed by atoms with E-state index in [2.05, 4.69) is 60.8 Å². The molecule has 0 aromatic carbocycles. The Kier molecular flexibility index (Phi) is 13.6. The molecule has 1 N–H and O–H groups in total. The summed E-state index contributed by atoms with van der Waals surface area (Å²) in [4.78, 5) is 22.4. The summed E-state index contributed by atoms with van der Waals surface area (Å²) in [6, 6.07) is 0. The maximum atomic E-state index is 11.4. The molecule has 0 spiro atoms. The van der Waals surface area contributed by atoms with Gasteiger partial charge in [0, 0.05) is 11.6 Å². The van der Waals surface area contributed by atoms with Crippen LogP contribution < -0.4 is 5.32 Å². The number of imide groups is 1. The molecule has 0 saturated heterocycles. The largest absolute Gasteiger partial charge is 0.289 e. The average molecular weight is 370 g/mol. The highest BCUT2D eigenvalue weighted by Gasteiger charge is 2.19. The Morgan fingerprint density at radius 1 is 0.741 bits per heavy atom. The first-order valence-corrected chi connectivity index (χ1v) is 10.4. The van der Waals surface area contributed by atoms with Gasteiger partial charge < -0.3 is 0 Å². The second-order valence-electron chi connectivity index (χ2n) is 6.82. The summed E-state index contributed by atoms with van der Waals surface area (Å²) in [6.07, 6.45) is 31.0. The lowest BCUT2D eigenvalue weighted by Gasteiger charge is -1.98. The van der Waals surface area contributed by atoms with Crippen molar-refractivity contribution in [2.45, 2.75) is 77.6 Å². The van der Waals surface area contributed by atoms with Crippen LogP contribution >= 0.6 is 0 Å². The lowest BCUT2D eigenvalue weighted by molar-refractivity contribution is -0.123. The minimum Gasteiger partial charge on any atom is -0.289 e. The van der Waals surface area contributed by atoms with Gasteiger partial charge in [-0.2, -0.15) is 0 Å². The summed E-state index contributed by atoms with van der Waals surface area (Å²) in [6.45, 7) is 2.24. The highest BCUT2D eigenvalue weighted by atomic mass is 16.2. The molecule has 27 heavy (non-hydrogen) atoms. The fourth-order valence-corrected chi connectivity index (χ4v) is 2.78. The van der Waals surface area contributed by atoms with E-state index in [-0.39, 0.29) is 11.8 Å². The second kappa shape index (κ2) is 16.0. The van der Waals surface area contributed by atoms with Gasteiger partial charge >= 0.3 is 0 Å². The first kappa shape index (κ1) is 22.9. The van der Waals surface area contributed by atoms with Crippen LogP contribution in [-0.4, -0.2) is 11.8 Å². The Labute approximate surface area is 165 Å². The fourth-order valence-electron chi connectivity index (χ4n) is 2.78. The molecule has 2 amide bonds. The summed E-state index contributed by atoms with van der Waals surface area (Å²) in [7, 11) is 0. The minimum atomic E-state index is -0.282. The lowest BCUT2D eigenvalue weighted by Crippen LogP contribution is -2.22. The Morgan fingerprint density at radius 2 is 1.26 bits per heavy atom. The van der Waals surface area contributed by atoms with Crippen LogP contribution in [0.1, 0.15) is 77.6 Å². The monoisotopic (exact) mass is 369 g/mol. The third-order valence-corrected chi connectivity index (χ3v) is 4.36. The quantitative estimate of drug-likeness (QED) is 0.215. The van der Waals surface area contributed by atoms with E-state index in [4.69, 9.17) is 0 Å². The van der Waals surface area contributed by atoms with E-state index in [1.54, 1.807) is 0 Å². The van der Waals surface area contributed by atoms with Gasteiger partial charge in [-0.05, 0) is 57.8 Å². The van der Waals surface area contributed by atoms with Gasteiger partial charge in [-0.25, -0.2) is 0 Å². The third kappa shape index (κ3) is 12.8. The van der Waals surface area contributed by atoms with E-state index in [0.29, 0.717) is 12.0 Å². The van der Waals surface area contributed by atoms with Crippen molar-refractivity contribution in [3.05, 3.63) is 60.3 Å². The summed E-state index contributed by atoms with van der Waals surface area (Å²) >= 11 is 0. The highest BCUT2D eigenvalue weighted by molar-refractivity contribution is 6.16. The molecule has 1 rings (SSSR count). The zero-order chi connectivity index (χ0) is 19.6. The van der Waals surface area contributed by atoms with Gasteiger partial charge in [-0.1, -0.05) is 68.4 Å². The summed E-state index contributed by atoms with van der Waals surface area (Å²) in [5.74, 6) is -0.506. The molecule has 0 aromatic heterocycles. The molecule has 1 aliphatic heterocycles. The molecular formula is C24H35NO2. The zero-order valence-corrected chi connectivity index (χ0v) is 16.8. The van der Waals surface area contributed by atoms with Crippen LogP contribution in [0, 0.1) is 0 Å². The van der Waals surface area contributed by atoms with E-state index in [9.17, 15) is 9.59 Å². The van der Waals surface area contributed by atoms with Gasteiger partial charge in [-0.15, -0.1) is 0 Å². The van der Waals surface area contributed by atoms with E-state index in [1.807, 2.05) is 0 Å². The first-order chi connectivity index (χ1) is 13.2. The molecular weight excluding hydrogens is 334 g/mol. The van der Waals surface area contributed by atoms with Crippen LogP contribution in [0.25, 0.3) is 0 Å². The highest BCUT2D eigenvalue weighted by Crippen LogP contribution is 2.13. The van der Waals surface area contributed by atoms with Crippen LogP contribution in [0.5, 0.6) is 0 Å². The molecule has 0 fully saturated rings. The van der Waals surface area contributed by atoms with Crippen molar-refractivity contribution in [3.63, 3.8) is 0 Å². The predicted molar refractivity (Wildman–Crippen MR) is 114 cm³/mol. The van der Waals surface area contributed by atoms with Crippen molar-refractivity contribution in [3.8, 4) is 0 Å². The van der Waals surface area contributed by atoms with Crippen molar-refractivity contribution in [2.75, 3.05) is 0 Å². The van der Waals surface area contributed by atoms with Crippen molar-refractivity contribution in [1.29, 1.82) is 0 Å². The molecule has 148 valence electrons. The maximum absolute atomic E-state index is 11.4. The van der Waals surface area contributed by atoms with Gasteiger partial charge in [0.1, 0.15) is 0 Å². The number of carbonyl (C=O) groups is 2.